The highest BCUT2D eigenvalue weighted by atomic mass is 19.1. The van der Waals surface area contributed by atoms with Gasteiger partial charge in [0.25, 0.3) is 5.91 Å². The highest BCUT2D eigenvalue weighted by molar-refractivity contribution is 5.81. The minimum absolute atomic E-state index is 0.134. The maximum Gasteiger partial charge on any atom is 0.253 e. The van der Waals surface area contributed by atoms with Gasteiger partial charge in [-0.15, -0.1) is 0 Å². The molecule has 0 bridgehead atoms. The Kier molecular flexibility index (Phi) is 5.05. The Morgan fingerprint density at radius 3 is 2.85 bits per heavy atom. The zero-order valence-electron chi connectivity index (χ0n) is 11.4. The predicted molar refractivity (Wildman–Crippen MR) is 71.5 cm³/mol. The molecule has 1 heterocycles. The summed E-state index contributed by atoms with van der Waals surface area (Å²) in [5, 5.41) is 0. The van der Waals surface area contributed by atoms with Gasteiger partial charge < -0.3 is 20.1 Å². The van der Waals surface area contributed by atoms with Crippen LogP contribution >= 0.6 is 0 Å². The fourth-order valence-electron chi connectivity index (χ4n) is 2.23. The second kappa shape index (κ2) is 6.78. The Balaban J connectivity index is 2.04. The van der Waals surface area contributed by atoms with Gasteiger partial charge in [0.1, 0.15) is 18.0 Å². The van der Waals surface area contributed by atoms with Crippen molar-refractivity contribution in [1.82, 2.24) is 4.90 Å². The average Bonchev–Trinajstić information content (AvgIpc) is 2.49. The second-order valence-corrected chi connectivity index (χ2v) is 4.66. The summed E-state index contributed by atoms with van der Waals surface area (Å²) >= 11 is 0. The maximum absolute atomic E-state index is 12.9. The van der Waals surface area contributed by atoms with Crippen molar-refractivity contribution < 1.29 is 18.7 Å². The molecule has 0 aliphatic carbocycles. The van der Waals surface area contributed by atoms with Crippen molar-refractivity contribution >= 4 is 5.91 Å². The fourth-order valence-corrected chi connectivity index (χ4v) is 2.23. The van der Waals surface area contributed by atoms with E-state index < -0.39 is 6.10 Å². The normalized spacial score (nSPS) is 20.8. The summed E-state index contributed by atoms with van der Waals surface area (Å²) in [6.45, 7) is 1.52. The van der Waals surface area contributed by atoms with Crippen LogP contribution in [0.5, 0.6) is 0 Å². The van der Waals surface area contributed by atoms with Crippen molar-refractivity contribution in [3.63, 3.8) is 0 Å². The van der Waals surface area contributed by atoms with E-state index in [1.165, 1.54) is 19.2 Å². The van der Waals surface area contributed by atoms with E-state index in [0.29, 0.717) is 19.7 Å². The van der Waals surface area contributed by atoms with Crippen LogP contribution in [0.3, 0.4) is 0 Å². The topological polar surface area (TPSA) is 64.8 Å². The van der Waals surface area contributed by atoms with Crippen molar-refractivity contribution in [2.75, 3.05) is 33.4 Å². The molecule has 1 fully saturated rings. The van der Waals surface area contributed by atoms with Crippen LogP contribution in [0.4, 0.5) is 4.39 Å². The molecule has 2 atom stereocenters. The highest BCUT2D eigenvalue weighted by Crippen LogP contribution is 2.23. The monoisotopic (exact) mass is 282 g/mol. The third-order valence-electron chi connectivity index (χ3n) is 3.39. The minimum Gasteiger partial charge on any atom is -0.370 e. The van der Waals surface area contributed by atoms with Gasteiger partial charge in [0.2, 0.25) is 0 Å². The summed E-state index contributed by atoms with van der Waals surface area (Å²) in [5.74, 6) is -0.425. The Morgan fingerprint density at radius 1 is 1.55 bits per heavy atom. The van der Waals surface area contributed by atoms with Crippen LogP contribution in [-0.4, -0.2) is 50.3 Å². The van der Waals surface area contributed by atoms with Crippen LogP contribution in [0.2, 0.25) is 0 Å². The number of benzene rings is 1. The van der Waals surface area contributed by atoms with E-state index in [0.717, 1.165) is 5.56 Å². The zero-order valence-corrected chi connectivity index (χ0v) is 11.4. The molecule has 0 radical (unpaired) electrons. The average molecular weight is 282 g/mol. The lowest BCUT2D eigenvalue weighted by Gasteiger charge is -2.34. The number of nitrogens with zero attached hydrogens (tertiary/aromatic N) is 1. The molecule has 1 amide bonds. The molecule has 5 nitrogen and oxygen atoms in total. The molecule has 0 saturated carbocycles. The smallest absolute Gasteiger partial charge is 0.253 e. The van der Waals surface area contributed by atoms with Crippen LogP contribution in [0, 0.1) is 5.82 Å². The molecule has 0 spiro atoms. The van der Waals surface area contributed by atoms with Gasteiger partial charge in [0, 0.05) is 20.2 Å². The highest BCUT2D eigenvalue weighted by Gasteiger charge is 2.29. The first-order valence-electron chi connectivity index (χ1n) is 6.54. The Morgan fingerprint density at radius 2 is 2.25 bits per heavy atom. The summed E-state index contributed by atoms with van der Waals surface area (Å²) in [6, 6.07) is 6.12. The third-order valence-corrected chi connectivity index (χ3v) is 3.39. The van der Waals surface area contributed by atoms with Gasteiger partial charge in [0.05, 0.1) is 13.2 Å². The van der Waals surface area contributed by atoms with E-state index in [4.69, 9.17) is 15.2 Å². The van der Waals surface area contributed by atoms with Crippen LogP contribution in [0.1, 0.15) is 11.7 Å². The van der Waals surface area contributed by atoms with Crippen molar-refractivity contribution in [3.8, 4) is 0 Å². The van der Waals surface area contributed by atoms with Crippen molar-refractivity contribution in [2.45, 2.75) is 12.2 Å². The molecule has 1 aromatic carbocycles. The molecule has 20 heavy (non-hydrogen) atoms. The molecule has 2 rings (SSSR count). The number of ether oxygens (including phenoxy) is 2. The van der Waals surface area contributed by atoms with Crippen molar-refractivity contribution in [3.05, 3.63) is 35.6 Å². The molecule has 6 heteroatoms. The summed E-state index contributed by atoms with van der Waals surface area (Å²) in [4.78, 5) is 13.9. The van der Waals surface area contributed by atoms with E-state index in [9.17, 15) is 9.18 Å². The number of hydrogen-bond acceptors (Lipinski definition) is 4. The number of carbonyl (C=O) groups is 1. The first kappa shape index (κ1) is 14.9. The molecule has 1 aromatic rings. The van der Waals surface area contributed by atoms with Gasteiger partial charge >= 0.3 is 0 Å². The Bertz CT molecular complexity index is 448. The lowest BCUT2D eigenvalue weighted by Crippen LogP contribution is -2.49. The number of carbonyl (C=O) groups excluding carboxylic acids is 1. The number of amides is 1. The van der Waals surface area contributed by atoms with E-state index in [2.05, 4.69) is 0 Å². The van der Waals surface area contributed by atoms with E-state index in [-0.39, 0.29) is 24.4 Å². The summed E-state index contributed by atoms with van der Waals surface area (Å²) < 4.78 is 23.6. The van der Waals surface area contributed by atoms with Gasteiger partial charge in [-0.05, 0) is 17.7 Å². The lowest BCUT2D eigenvalue weighted by molar-refractivity contribution is -0.149. The molecule has 2 N–H and O–H groups in total. The Hall–Kier alpha value is -1.50. The number of halogens is 1. The van der Waals surface area contributed by atoms with Gasteiger partial charge in [-0.2, -0.15) is 0 Å². The molecular formula is C14H19FN2O3. The van der Waals surface area contributed by atoms with Gasteiger partial charge in [-0.25, -0.2) is 4.39 Å². The van der Waals surface area contributed by atoms with E-state index in [1.54, 1.807) is 17.0 Å². The standard InChI is InChI=1S/C14H19FN2O3/c1-19-12(8-16)14(18)17-6-7-20-13(9-17)10-2-4-11(15)5-3-10/h2-5,12-13H,6-9,16H2,1H3. The number of nitrogens with two attached hydrogens (primary N) is 1. The second-order valence-electron chi connectivity index (χ2n) is 4.66. The van der Waals surface area contributed by atoms with Crippen molar-refractivity contribution in [1.29, 1.82) is 0 Å². The number of morpholine rings is 1. The molecule has 110 valence electrons. The summed E-state index contributed by atoms with van der Waals surface area (Å²) in [6.07, 6.45) is -0.870. The quantitative estimate of drug-likeness (QED) is 0.883. The van der Waals surface area contributed by atoms with Crippen LogP contribution in [0.15, 0.2) is 24.3 Å². The van der Waals surface area contributed by atoms with Crippen LogP contribution < -0.4 is 5.73 Å². The molecule has 2 unspecified atom stereocenters. The molecule has 1 aliphatic heterocycles. The molecule has 1 aliphatic rings. The fraction of sp³-hybridized carbons (Fsp3) is 0.500. The van der Waals surface area contributed by atoms with Crippen LogP contribution in [-0.2, 0) is 14.3 Å². The first-order chi connectivity index (χ1) is 9.65. The minimum atomic E-state index is -0.623. The van der Waals surface area contributed by atoms with Gasteiger partial charge in [-0.3, -0.25) is 4.79 Å². The van der Waals surface area contributed by atoms with Crippen LogP contribution in [0.25, 0.3) is 0 Å². The van der Waals surface area contributed by atoms with Gasteiger partial charge in [-0.1, -0.05) is 12.1 Å². The SMILES string of the molecule is COC(CN)C(=O)N1CCOC(c2ccc(F)cc2)C1. The number of rotatable bonds is 4. The summed E-state index contributed by atoms with van der Waals surface area (Å²) in [5.41, 5.74) is 6.36. The number of methoxy groups -OCH3 is 1. The third kappa shape index (κ3) is 3.33. The summed E-state index contributed by atoms with van der Waals surface area (Å²) in [7, 11) is 1.47. The van der Waals surface area contributed by atoms with Crippen molar-refractivity contribution in [2.24, 2.45) is 5.73 Å². The number of hydrogen-bond donors (Lipinski definition) is 1. The zero-order chi connectivity index (χ0) is 14.5. The molecule has 1 saturated heterocycles. The largest absolute Gasteiger partial charge is 0.370 e. The van der Waals surface area contributed by atoms with E-state index in [1.807, 2.05) is 0 Å². The lowest BCUT2D eigenvalue weighted by atomic mass is 10.1. The Labute approximate surface area is 117 Å². The molecule has 0 aromatic heterocycles. The van der Waals surface area contributed by atoms with E-state index >= 15 is 0 Å². The maximum atomic E-state index is 12.9. The molecular weight excluding hydrogens is 263 g/mol. The predicted octanol–water partition coefficient (Wildman–Crippen LogP) is 0.699. The first-order valence-corrected chi connectivity index (χ1v) is 6.54. The van der Waals surface area contributed by atoms with Gasteiger partial charge in [0.15, 0.2) is 0 Å².